The van der Waals surface area contributed by atoms with Gasteiger partial charge in [0.2, 0.25) is 0 Å². The highest BCUT2D eigenvalue weighted by molar-refractivity contribution is 7.21. The van der Waals surface area contributed by atoms with Crippen LogP contribution in [0.2, 0.25) is 0 Å². The Morgan fingerprint density at radius 1 is 1.06 bits per heavy atom. The van der Waals surface area contributed by atoms with Crippen LogP contribution in [0.15, 0.2) is 72.8 Å². The maximum atomic E-state index is 14.8. The molecule has 0 spiro atoms. The second-order valence-electron chi connectivity index (χ2n) is 8.19. The molecule has 3 aromatic carbocycles. The third kappa shape index (κ3) is 4.22. The third-order valence-electron chi connectivity index (χ3n) is 5.84. The van der Waals surface area contributed by atoms with E-state index in [-0.39, 0.29) is 6.61 Å². The normalized spacial score (nSPS) is 17.2. The summed E-state index contributed by atoms with van der Waals surface area (Å²) >= 11 is 1.18. The summed E-state index contributed by atoms with van der Waals surface area (Å²) in [7, 11) is 0. The van der Waals surface area contributed by atoms with Crippen molar-refractivity contribution in [3.8, 4) is 5.75 Å². The van der Waals surface area contributed by atoms with E-state index in [0.29, 0.717) is 37.5 Å². The zero-order valence-electron chi connectivity index (χ0n) is 18.6. The van der Waals surface area contributed by atoms with Crippen LogP contribution in [0.1, 0.15) is 27.7 Å². The molecule has 1 saturated heterocycles. The van der Waals surface area contributed by atoms with Crippen LogP contribution in [0.3, 0.4) is 0 Å². The van der Waals surface area contributed by atoms with Crippen LogP contribution in [0.25, 0.3) is 10.1 Å². The topological polar surface area (TPSA) is 96.5 Å². The molecule has 1 unspecified atom stereocenters. The Kier molecular flexibility index (Phi) is 5.70. The predicted octanol–water partition coefficient (Wildman–Crippen LogP) is 4.93. The number of halogens is 1. The minimum atomic E-state index is -1.26. The van der Waals surface area contributed by atoms with Crippen molar-refractivity contribution in [1.82, 2.24) is 10.6 Å². The van der Waals surface area contributed by atoms with Gasteiger partial charge in [-0.2, -0.15) is 0 Å². The molecule has 0 bridgehead atoms. The van der Waals surface area contributed by atoms with Gasteiger partial charge in [-0.1, -0.05) is 36.4 Å². The fourth-order valence-electron chi connectivity index (χ4n) is 4.00. The monoisotopic (exact) mass is 489 g/mol. The van der Waals surface area contributed by atoms with E-state index in [0.717, 1.165) is 0 Å². The second-order valence-corrected chi connectivity index (χ2v) is 9.24. The summed E-state index contributed by atoms with van der Waals surface area (Å²) in [4.78, 5) is 37.6. The van der Waals surface area contributed by atoms with Gasteiger partial charge in [0, 0.05) is 21.3 Å². The van der Waals surface area contributed by atoms with Gasteiger partial charge in [-0.05, 0) is 48.9 Å². The largest absolute Gasteiger partial charge is 0.489 e. The van der Waals surface area contributed by atoms with E-state index in [1.807, 2.05) is 18.2 Å². The Balaban J connectivity index is 1.46. The minimum absolute atomic E-state index is 0.0119. The van der Waals surface area contributed by atoms with Gasteiger partial charge in [0.25, 0.3) is 11.8 Å². The lowest BCUT2D eigenvalue weighted by Gasteiger charge is -2.21. The summed E-state index contributed by atoms with van der Waals surface area (Å²) in [5.41, 5.74) is 0.131. The Bertz CT molecular complexity index is 1470. The van der Waals surface area contributed by atoms with E-state index in [4.69, 9.17) is 4.74 Å². The fraction of sp³-hybridized carbons (Fsp3) is 0.115. The van der Waals surface area contributed by atoms with Crippen molar-refractivity contribution in [2.75, 3.05) is 5.32 Å². The van der Waals surface area contributed by atoms with E-state index in [1.54, 1.807) is 55.5 Å². The van der Waals surface area contributed by atoms with E-state index in [1.165, 1.54) is 17.4 Å². The third-order valence-corrected chi connectivity index (χ3v) is 7.03. The standard InChI is InChI=1S/C26H20FN3O4S/c1-26(24(32)29-25(33)30-26)15-7-5-8-16(13-15)28-23(31)22-18(14-34-17-9-3-2-4-10-17)21-19(27)11-6-12-20(21)35-22/h2-13H,14H2,1H3,(H,28,31)(H2,29,30,32,33). The molecule has 176 valence electrons. The number of hydrogen-bond donors (Lipinski definition) is 3. The first-order valence-corrected chi connectivity index (χ1v) is 11.6. The average molecular weight is 490 g/mol. The number of carbonyl (C=O) groups excluding carboxylic acids is 3. The van der Waals surface area contributed by atoms with Gasteiger partial charge in [0.1, 0.15) is 28.6 Å². The van der Waals surface area contributed by atoms with Crippen molar-refractivity contribution >= 4 is 45.0 Å². The maximum absolute atomic E-state index is 14.8. The number of amides is 4. The van der Waals surface area contributed by atoms with Gasteiger partial charge in [0.05, 0.1) is 0 Å². The number of imide groups is 1. The van der Waals surface area contributed by atoms with Crippen LogP contribution in [-0.2, 0) is 16.9 Å². The first kappa shape index (κ1) is 22.5. The number of ether oxygens (including phenoxy) is 1. The summed E-state index contributed by atoms with van der Waals surface area (Å²) < 4.78 is 21.2. The van der Waals surface area contributed by atoms with Crippen LogP contribution in [0.4, 0.5) is 14.9 Å². The molecule has 1 atom stereocenters. The lowest BCUT2D eigenvalue weighted by molar-refractivity contribution is -0.123. The van der Waals surface area contributed by atoms with Gasteiger partial charge >= 0.3 is 6.03 Å². The van der Waals surface area contributed by atoms with Crippen molar-refractivity contribution < 1.29 is 23.5 Å². The summed E-state index contributed by atoms with van der Waals surface area (Å²) in [5.74, 6) is -0.736. The molecule has 1 aromatic heterocycles. The number of urea groups is 1. The van der Waals surface area contributed by atoms with Gasteiger partial charge < -0.3 is 15.4 Å². The molecule has 7 nitrogen and oxygen atoms in total. The lowest BCUT2D eigenvalue weighted by atomic mass is 9.92. The van der Waals surface area contributed by atoms with Crippen molar-refractivity contribution in [3.63, 3.8) is 0 Å². The SMILES string of the molecule is CC1(c2cccc(NC(=O)c3sc4cccc(F)c4c3COc3ccccc3)c2)NC(=O)NC1=O. The number of para-hydroxylation sites is 1. The zero-order valence-corrected chi connectivity index (χ0v) is 19.4. The van der Waals surface area contributed by atoms with Crippen LogP contribution < -0.4 is 20.7 Å². The number of nitrogens with one attached hydrogen (secondary N) is 3. The van der Waals surface area contributed by atoms with Crippen molar-refractivity contribution in [3.05, 3.63) is 94.6 Å². The molecule has 0 saturated carbocycles. The second kappa shape index (κ2) is 8.84. The number of hydrogen-bond acceptors (Lipinski definition) is 5. The number of carbonyl (C=O) groups is 3. The number of anilines is 1. The van der Waals surface area contributed by atoms with E-state index < -0.39 is 29.2 Å². The zero-order chi connectivity index (χ0) is 24.6. The van der Waals surface area contributed by atoms with Gasteiger partial charge in [-0.15, -0.1) is 11.3 Å². The first-order chi connectivity index (χ1) is 16.8. The molecule has 2 heterocycles. The van der Waals surface area contributed by atoms with Crippen LogP contribution in [-0.4, -0.2) is 17.8 Å². The summed E-state index contributed by atoms with van der Waals surface area (Å²) in [6, 6.07) is 19.9. The molecule has 0 radical (unpaired) electrons. The van der Waals surface area contributed by atoms with Gasteiger partial charge in [-0.25, -0.2) is 9.18 Å². The lowest BCUT2D eigenvalue weighted by Crippen LogP contribution is -2.40. The van der Waals surface area contributed by atoms with Gasteiger partial charge in [-0.3, -0.25) is 14.9 Å². The quantitative estimate of drug-likeness (QED) is 0.335. The van der Waals surface area contributed by atoms with E-state index >= 15 is 0 Å². The van der Waals surface area contributed by atoms with Crippen molar-refractivity contribution in [2.45, 2.75) is 19.1 Å². The van der Waals surface area contributed by atoms with Crippen LogP contribution in [0, 0.1) is 5.82 Å². The first-order valence-electron chi connectivity index (χ1n) is 10.8. The molecule has 4 amide bonds. The molecule has 35 heavy (non-hydrogen) atoms. The molecule has 4 aromatic rings. The molecule has 0 aliphatic carbocycles. The summed E-state index contributed by atoms with van der Waals surface area (Å²) in [6.07, 6.45) is 0. The van der Waals surface area contributed by atoms with Crippen LogP contribution >= 0.6 is 11.3 Å². The van der Waals surface area contributed by atoms with Crippen molar-refractivity contribution in [2.24, 2.45) is 0 Å². The highest BCUT2D eigenvalue weighted by atomic mass is 32.1. The van der Waals surface area contributed by atoms with E-state index in [9.17, 15) is 18.8 Å². The summed E-state index contributed by atoms with van der Waals surface area (Å²) in [6.45, 7) is 1.60. The Labute approximate surface area is 203 Å². The maximum Gasteiger partial charge on any atom is 0.322 e. The van der Waals surface area contributed by atoms with Gasteiger partial charge in [0.15, 0.2) is 0 Å². The number of fused-ring (bicyclic) bond motifs is 1. The number of rotatable bonds is 6. The smallest absolute Gasteiger partial charge is 0.322 e. The number of benzene rings is 3. The highest BCUT2D eigenvalue weighted by Crippen LogP contribution is 2.35. The molecule has 1 aliphatic rings. The molecular weight excluding hydrogens is 469 g/mol. The molecule has 1 aliphatic heterocycles. The Morgan fingerprint density at radius 3 is 2.57 bits per heavy atom. The molecule has 9 heteroatoms. The molecular formula is C26H20FN3O4S. The highest BCUT2D eigenvalue weighted by Gasteiger charge is 2.43. The van der Waals surface area contributed by atoms with E-state index in [2.05, 4.69) is 16.0 Å². The van der Waals surface area contributed by atoms with Crippen molar-refractivity contribution in [1.29, 1.82) is 0 Å². The Morgan fingerprint density at radius 2 is 1.83 bits per heavy atom. The van der Waals surface area contributed by atoms with Crippen LogP contribution in [0.5, 0.6) is 5.75 Å². The number of thiophene rings is 1. The average Bonchev–Trinajstić information content (AvgIpc) is 3.36. The molecule has 5 rings (SSSR count). The Hall–Kier alpha value is -4.24. The minimum Gasteiger partial charge on any atom is -0.489 e. The predicted molar refractivity (Wildman–Crippen MR) is 131 cm³/mol. The molecule has 1 fully saturated rings. The summed E-state index contributed by atoms with van der Waals surface area (Å²) in [5, 5.41) is 8.01. The fourth-order valence-corrected chi connectivity index (χ4v) is 5.12. The molecule has 3 N–H and O–H groups in total.